The molecule has 0 spiro atoms. The van der Waals surface area contributed by atoms with Gasteiger partial charge < -0.3 is 19.3 Å². The van der Waals surface area contributed by atoms with Crippen LogP contribution in [0.25, 0.3) is 0 Å². The third-order valence-electron chi connectivity index (χ3n) is 2.63. The molecule has 4 heteroatoms. The molecule has 1 aromatic rings. The Morgan fingerprint density at radius 3 is 2.69 bits per heavy atom. The summed E-state index contributed by atoms with van der Waals surface area (Å²) in [6.45, 7) is 5.25. The Balaban J connectivity index is 2.37. The largest absolute Gasteiger partial charge is 0.504 e. The SMILES string of the molecule is CCOc1cccc(C2(C)OCCO2)c1O. The Kier molecular flexibility index (Phi) is 3.03. The normalized spacial score (nSPS) is 18.6. The van der Waals surface area contributed by atoms with Crippen LogP contribution in [-0.2, 0) is 15.3 Å². The van der Waals surface area contributed by atoms with Crippen LogP contribution >= 0.6 is 0 Å². The number of benzene rings is 1. The third kappa shape index (κ3) is 1.86. The Morgan fingerprint density at radius 2 is 2.06 bits per heavy atom. The van der Waals surface area contributed by atoms with Crippen molar-refractivity contribution in [3.05, 3.63) is 23.8 Å². The van der Waals surface area contributed by atoms with E-state index in [-0.39, 0.29) is 5.75 Å². The molecule has 0 atom stereocenters. The van der Waals surface area contributed by atoms with Crippen LogP contribution in [0.4, 0.5) is 0 Å². The van der Waals surface area contributed by atoms with Crippen molar-refractivity contribution in [2.75, 3.05) is 19.8 Å². The first kappa shape index (κ1) is 11.2. The molecule has 88 valence electrons. The van der Waals surface area contributed by atoms with Gasteiger partial charge in [-0.3, -0.25) is 0 Å². The first-order chi connectivity index (χ1) is 7.67. The summed E-state index contributed by atoms with van der Waals surface area (Å²) in [5, 5.41) is 10.1. The summed E-state index contributed by atoms with van der Waals surface area (Å²) in [5.41, 5.74) is 0.607. The number of rotatable bonds is 3. The van der Waals surface area contributed by atoms with Crippen LogP contribution in [0.15, 0.2) is 18.2 Å². The van der Waals surface area contributed by atoms with E-state index in [9.17, 15) is 5.11 Å². The molecule has 1 aromatic carbocycles. The molecule has 0 aromatic heterocycles. The number of hydrogen-bond donors (Lipinski definition) is 1. The van der Waals surface area contributed by atoms with Gasteiger partial charge in [0.1, 0.15) is 0 Å². The lowest BCUT2D eigenvalue weighted by molar-refractivity contribution is -0.150. The highest BCUT2D eigenvalue weighted by molar-refractivity contribution is 5.47. The molecule has 2 rings (SSSR count). The van der Waals surface area contributed by atoms with Gasteiger partial charge in [0.15, 0.2) is 17.3 Å². The zero-order chi connectivity index (χ0) is 11.6. The van der Waals surface area contributed by atoms with Crippen molar-refractivity contribution >= 4 is 0 Å². The van der Waals surface area contributed by atoms with E-state index < -0.39 is 5.79 Å². The van der Waals surface area contributed by atoms with Crippen LogP contribution in [0.2, 0.25) is 0 Å². The van der Waals surface area contributed by atoms with Gasteiger partial charge in [-0.1, -0.05) is 6.07 Å². The first-order valence-electron chi connectivity index (χ1n) is 5.40. The zero-order valence-electron chi connectivity index (χ0n) is 9.53. The molecule has 4 nitrogen and oxygen atoms in total. The average Bonchev–Trinajstić information content (AvgIpc) is 2.70. The maximum atomic E-state index is 10.1. The quantitative estimate of drug-likeness (QED) is 0.853. The van der Waals surface area contributed by atoms with Crippen molar-refractivity contribution in [1.82, 2.24) is 0 Å². The topological polar surface area (TPSA) is 47.9 Å². The summed E-state index contributed by atoms with van der Waals surface area (Å²) in [6.07, 6.45) is 0. The molecule has 1 saturated heterocycles. The van der Waals surface area contributed by atoms with E-state index in [4.69, 9.17) is 14.2 Å². The molecule has 0 unspecified atom stereocenters. The summed E-state index contributed by atoms with van der Waals surface area (Å²) in [4.78, 5) is 0. The molecule has 1 aliphatic rings. The lowest BCUT2D eigenvalue weighted by atomic mass is 10.1. The van der Waals surface area contributed by atoms with Crippen LogP contribution < -0.4 is 4.74 Å². The number of phenolic OH excluding ortho intramolecular Hbond substituents is 1. The van der Waals surface area contributed by atoms with Crippen molar-refractivity contribution in [3.63, 3.8) is 0 Å². The Hall–Kier alpha value is -1.26. The van der Waals surface area contributed by atoms with Crippen molar-refractivity contribution in [3.8, 4) is 11.5 Å². The molecule has 0 aliphatic carbocycles. The highest BCUT2D eigenvalue weighted by atomic mass is 16.7. The van der Waals surface area contributed by atoms with Gasteiger partial charge >= 0.3 is 0 Å². The second-order valence-corrected chi connectivity index (χ2v) is 3.73. The van der Waals surface area contributed by atoms with Gasteiger partial charge in [0, 0.05) is 0 Å². The Labute approximate surface area is 94.8 Å². The van der Waals surface area contributed by atoms with Gasteiger partial charge in [-0.25, -0.2) is 0 Å². The van der Waals surface area contributed by atoms with E-state index >= 15 is 0 Å². The first-order valence-corrected chi connectivity index (χ1v) is 5.40. The molecule has 0 radical (unpaired) electrons. The van der Waals surface area contributed by atoms with Gasteiger partial charge in [-0.05, 0) is 26.0 Å². The molecule has 1 aliphatic heterocycles. The molecule has 0 amide bonds. The monoisotopic (exact) mass is 224 g/mol. The minimum atomic E-state index is -0.864. The maximum absolute atomic E-state index is 10.1. The highest BCUT2D eigenvalue weighted by Crippen LogP contribution is 2.40. The van der Waals surface area contributed by atoms with E-state index in [1.54, 1.807) is 19.1 Å². The van der Waals surface area contributed by atoms with Crippen LogP contribution in [-0.4, -0.2) is 24.9 Å². The summed E-state index contributed by atoms with van der Waals surface area (Å²) >= 11 is 0. The smallest absolute Gasteiger partial charge is 0.195 e. The fourth-order valence-corrected chi connectivity index (χ4v) is 1.83. The van der Waals surface area contributed by atoms with Gasteiger partial charge in [-0.2, -0.15) is 0 Å². The fraction of sp³-hybridized carbons (Fsp3) is 0.500. The van der Waals surface area contributed by atoms with Gasteiger partial charge in [0.05, 0.1) is 25.4 Å². The molecular formula is C12H16O4. The van der Waals surface area contributed by atoms with Crippen molar-refractivity contribution < 1.29 is 19.3 Å². The van der Waals surface area contributed by atoms with E-state index in [0.717, 1.165) is 0 Å². The molecule has 0 saturated carbocycles. The maximum Gasteiger partial charge on any atom is 0.195 e. The lowest BCUT2D eigenvalue weighted by Crippen LogP contribution is -2.22. The highest BCUT2D eigenvalue weighted by Gasteiger charge is 2.36. The van der Waals surface area contributed by atoms with Crippen molar-refractivity contribution in [2.24, 2.45) is 0 Å². The minimum absolute atomic E-state index is 0.0914. The Morgan fingerprint density at radius 1 is 1.38 bits per heavy atom. The third-order valence-corrected chi connectivity index (χ3v) is 2.63. The van der Waals surface area contributed by atoms with Gasteiger partial charge in [-0.15, -0.1) is 0 Å². The molecule has 16 heavy (non-hydrogen) atoms. The van der Waals surface area contributed by atoms with Crippen LogP contribution in [0.1, 0.15) is 19.4 Å². The van der Waals surface area contributed by atoms with E-state index in [1.807, 2.05) is 13.0 Å². The van der Waals surface area contributed by atoms with Crippen LogP contribution in [0.3, 0.4) is 0 Å². The minimum Gasteiger partial charge on any atom is -0.504 e. The standard InChI is InChI=1S/C12H16O4/c1-3-14-10-6-4-5-9(11(10)13)12(2)15-7-8-16-12/h4-6,13H,3,7-8H2,1-2H3. The summed E-state index contributed by atoms with van der Waals surface area (Å²) in [6, 6.07) is 5.32. The second-order valence-electron chi connectivity index (χ2n) is 3.73. The van der Waals surface area contributed by atoms with Crippen molar-refractivity contribution in [1.29, 1.82) is 0 Å². The number of ether oxygens (including phenoxy) is 3. The van der Waals surface area contributed by atoms with Crippen LogP contribution in [0.5, 0.6) is 11.5 Å². The summed E-state index contributed by atoms with van der Waals surface area (Å²) < 4.78 is 16.3. The number of phenols is 1. The predicted octanol–water partition coefficient (Wildman–Crippen LogP) is 2.01. The van der Waals surface area contributed by atoms with Crippen molar-refractivity contribution in [2.45, 2.75) is 19.6 Å². The fourth-order valence-electron chi connectivity index (χ4n) is 1.83. The summed E-state index contributed by atoms with van der Waals surface area (Å²) in [7, 11) is 0. The average molecular weight is 224 g/mol. The van der Waals surface area contributed by atoms with Gasteiger partial charge in [0.25, 0.3) is 0 Å². The van der Waals surface area contributed by atoms with Crippen LogP contribution in [0, 0.1) is 0 Å². The number of para-hydroxylation sites is 1. The lowest BCUT2D eigenvalue weighted by Gasteiger charge is -2.24. The molecule has 1 N–H and O–H groups in total. The van der Waals surface area contributed by atoms with E-state index in [1.165, 1.54) is 0 Å². The number of aromatic hydroxyl groups is 1. The predicted molar refractivity (Wildman–Crippen MR) is 58.5 cm³/mol. The molecular weight excluding hydrogens is 208 g/mol. The van der Waals surface area contributed by atoms with E-state index in [2.05, 4.69) is 0 Å². The second kappa shape index (κ2) is 4.31. The summed E-state index contributed by atoms with van der Waals surface area (Å²) in [5.74, 6) is -0.314. The molecule has 0 bridgehead atoms. The van der Waals surface area contributed by atoms with Gasteiger partial charge in [0.2, 0.25) is 0 Å². The Bertz CT molecular complexity index is 369. The number of hydrogen-bond acceptors (Lipinski definition) is 4. The molecule has 1 fully saturated rings. The zero-order valence-corrected chi connectivity index (χ0v) is 9.53. The van der Waals surface area contributed by atoms with E-state index in [0.29, 0.717) is 31.1 Å². The molecule has 1 heterocycles.